The lowest BCUT2D eigenvalue weighted by molar-refractivity contribution is -0.124. The maximum Gasteiger partial charge on any atom is 0.230 e. The molecule has 1 heterocycles. The first-order valence-corrected chi connectivity index (χ1v) is 6.72. The number of carbonyl (C=O) groups is 1. The molecule has 1 aromatic rings. The third-order valence-corrected chi connectivity index (χ3v) is 3.84. The molecule has 0 radical (unpaired) electrons. The Hall–Kier alpha value is -1.06. The van der Waals surface area contributed by atoms with Crippen molar-refractivity contribution in [3.63, 3.8) is 0 Å². The molecule has 1 amide bonds. The Bertz CT molecular complexity index is 415. The highest BCUT2D eigenvalue weighted by atomic mass is 35.5. The smallest absolute Gasteiger partial charge is 0.230 e. The van der Waals surface area contributed by atoms with Gasteiger partial charge in [-0.1, -0.05) is 24.6 Å². The predicted octanol–water partition coefficient (Wildman–Crippen LogP) is 2.63. The van der Waals surface area contributed by atoms with Crippen molar-refractivity contribution in [1.82, 2.24) is 5.32 Å². The molecule has 1 unspecified atom stereocenters. The molecule has 1 aromatic carbocycles. The average molecular weight is 283 g/mol. The normalized spacial score (nSPS) is 16.2. The number of halogens is 1. The number of anilines is 1. The van der Waals surface area contributed by atoms with Crippen molar-refractivity contribution >= 4 is 24.0 Å². The van der Waals surface area contributed by atoms with Crippen LogP contribution in [-0.2, 0) is 4.79 Å². The zero-order chi connectivity index (χ0) is 13.1. The fourth-order valence-electron chi connectivity index (χ4n) is 2.30. The van der Waals surface area contributed by atoms with E-state index in [0.717, 1.165) is 25.3 Å². The molecule has 1 atom stereocenters. The number of nitrogens with zero attached hydrogens (tertiary/aromatic N) is 1. The summed E-state index contributed by atoms with van der Waals surface area (Å²) in [5.74, 6) is 0.845. The SMILES string of the molecule is CCN(C(=O)C(C)C1CNC1)c1ccc(C)cc1.Cl. The van der Waals surface area contributed by atoms with Crippen LogP contribution in [0, 0.1) is 18.8 Å². The van der Waals surface area contributed by atoms with Crippen molar-refractivity contribution < 1.29 is 4.79 Å². The first kappa shape index (κ1) is 16.0. The van der Waals surface area contributed by atoms with E-state index in [1.165, 1.54) is 5.56 Å². The number of carbonyl (C=O) groups excluding carboxylic acids is 1. The van der Waals surface area contributed by atoms with E-state index >= 15 is 0 Å². The van der Waals surface area contributed by atoms with Crippen molar-refractivity contribution in [1.29, 1.82) is 0 Å². The van der Waals surface area contributed by atoms with Crippen LogP contribution in [0.15, 0.2) is 24.3 Å². The molecule has 0 saturated carbocycles. The second-order valence-electron chi connectivity index (χ2n) is 5.13. The minimum atomic E-state index is 0. The van der Waals surface area contributed by atoms with Gasteiger partial charge in [0.05, 0.1) is 0 Å². The zero-order valence-corrected chi connectivity index (χ0v) is 12.7. The van der Waals surface area contributed by atoms with Crippen LogP contribution in [0.1, 0.15) is 19.4 Å². The summed E-state index contributed by atoms with van der Waals surface area (Å²) in [7, 11) is 0. The largest absolute Gasteiger partial charge is 0.316 e. The summed E-state index contributed by atoms with van der Waals surface area (Å²) in [4.78, 5) is 14.4. The van der Waals surface area contributed by atoms with Crippen molar-refractivity contribution in [2.45, 2.75) is 20.8 Å². The van der Waals surface area contributed by atoms with Crippen LogP contribution in [0.4, 0.5) is 5.69 Å². The highest BCUT2D eigenvalue weighted by Crippen LogP contribution is 2.22. The minimum absolute atomic E-state index is 0. The van der Waals surface area contributed by atoms with E-state index in [4.69, 9.17) is 0 Å². The van der Waals surface area contributed by atoms with Crippen LogP contribution < -0.4 is 10.2 Å². The second-order valence-corrected chi connectivity index (χ2v) is 5.13. The quantitative estimate of drug-likeness (QED) is 0.921. The van der Waals surface area contributed by atoms with Gasteiger partial charge in [-0.15, -0.1) is 12.4 Å². The van der Waals surface area contributed by atoms with E-state index in [9.17, 15) is 4.79 Å². The fourth-order valence-corrected chi connectivity index (χ4v) is 2.30. The summed E-state index contributed by atoms with van der Waals surface area (Å²) >= 11 is 0. The van der Waals surface area contributed by atoms with Crippen molar-refractivity contribution in [2.24, 2.45) is 11.8 Å². The lowest BCUT2D eigenvalue weighted by atomic mass is 9.88. The van der Waals surface area contributed by atoms with Crippen molar-refractivity contribution in [2.75, 3.05) is 24.5 Å². The predicted molar refractivity (Wildman–Crippen MR) is 82.0 cm³/mol. The number of hydrogen-bond donors (Lipinski definition) is 1. The maximum absolute atomic E-state index is 12.5. The lowest BCUT2D eigenvalue weighted by Gasteiger charge is -2.34. The summed E-state index contributed by atoms with van der Waals surface area (Å²) in [6, 6.07) is 8.17. The molecule has 1 fully saturated rings. The lowest BCUT2D eigenvalue weighted by Crippen LogP contribution is -2.50. The molecule has 0 aromatic heterocycles. The molecule has 1 saturated heterocycles. The van der Waals surface area contributed by atoms with E-state index in [0.29, 0.717) is 5.92 Å². The molecule has 106 valence electrons. The molecule has 2 rings (SSSR count). The van der Waals surface area contributed by atoms with Gasteiger partial charge < -0.3 is 10.2 Å². The topological polar surface area (TPSA) is 32.3 Å². The Morgan fingerprint density at radius 2 is 1.95 bits per heavy atom. The minimum Gasteiger partial charge on any atom is -0.316 e. The Kier molecular flexibility index (Phi) is 5.83. The molecule has 0 bridgehead atoms. The molecule has 19 heavy (non-hydrogen) atoms. The number of rotatable bonds is 4. The van der Waals surface area contributed by atoms with Gasteiger partial charge >= 0.3 is 0 Å². The Morgan fingerprint density at radius 3 is 2.37 bits per heavy atom. The van der Waals surface area contributed by atoms with Crippen LogP contribution in [0.25, 0.3) is 0 Å². The average Bonchev–Trinajstić information content (AvgIpc) is 2.30. The van der Waals surface area contributed by atoms with E-state index in [2.05, 4.69) is 24.4 Å². The van der Waals surface area contributed by atoms with Crippen molar-refractivity contribution in [3.05, 3.63) is 29.8 Å². The second kappa shape index (κ2) is 6.92. The fraction of sp³-hybridized carbons (Fsp3) is 0.533. The van der Waals surface area contributed by atoms with Crippen LogP contribution in [0.5, 0.6) is 0 Å². The molecule has 1 aliphatic rings. The van der Waals surface area contributed by atoms with Crippen LogP contribution in [-0.4, -0.2) is 25.5 Å². The molecule has 1 aliphatic heterocycles. The number of nitrogens with one attached hydrogen (secondary N) is 1. The third-order valence-electron chi connectivity index (χ3n) is 3.84. The Balaban J connectivity index is 0.00000180. The monoisotopic (exact) mass is 282 g/mol. The van der Waals surface area contributed by atoms with Crippen molar-refractivity contribution in [3.8, 4) is 0 Å². The van der Waals surface area contributed by atoms with Gasteiger partial charge in [-0.3, -0.25) is 4.79 Å². The zero-order valence-electron chi connectivity index (χ0n) is 11.8. The van der Waals surface area contributed by atoms with E-state index < -0.39 is 0 Å². The molecular weight excluding hydrogens is 260 g/mol. The summed E-state index contributed by atoms with van der Waals surface area (Å²) in [6.07, 6.45) is 0. The number of hydrogen-bond acceptors (Lipinski definition) is 2. The summed E-state index contributed by atoms with van der Waals surface area (Å²) in [5, 5.41) is 3.23. The Labute approximate surface area is 121 Å². The molecule has 1 N–H and O–H groups in total. The van der Waals surface area contributed by atoms with Gasteiger partial charge in [0.25, 0.3) is 0 Å². The van der Waals surface area contributed by atoms with Crippen LogP contribution in [0.2, 0.25) is 0 Å². The van der Waals surface area contributed by atoms with Gasteiger partial charge in [-0.05, 0) is 45.0 Å². The highest BCUT2D eigenvalue weighted by Gasteiger charge is 2.31. The number of aryl methyl sites for hydroxylation is 1. The standard InChI is InChI=1S/C15H22N2O.ClH/c1-4-17(14-7-5-11(2)6-8-14)15(18)12(3)13-9-16-10-13;/h5-8,12-13,16H,4,9-10H2,1-3H3;1H. The van der Waals surface area contributed by atoms with Gasteiger partial charge in [-0.25, -0.2) is 0 Å². The van der Waals surface area contributed by atoms with Gasteiger partial charge in [0.15, 0.2) is 0 Å². The van der Waals surface area contributed by atoms with Gasteiger partial charge in [0, 0.05) is 18.2 Å². The van der Waals surface area contributed by atoms with Gasteiger partial charge in [0.1, 0.15) is 0 Å². The highest BCUT2D eigenvalue weighted by molar-refractivity contribution is 5.95. The van der Waals surface area contributed by atoms with E-state index in [1.807, 2.05) is 30.9 Å². The van der Waals surface area contributed by atoms with Crippen LogP contribution >= 0.6 is 12.4 Å². The Morgan fingerprint density at radius 1 is 1.37 bits per heavy atom. The maximum atomic E-state index is 12.5. The first-order valence-electron chi connectivity index (χ1n) is 6.72. The first-order chi connectivity index (χ1) is 8.63. The molecule has 3 nitrogen and oxygen atoms in total. The number of amides is 1. The van der Waals surface area contributed by atoms with E-state index in [1.54, 1.807) is 0 Å². The molecular formula is C15H23ClN2O. The van der Waals surface area contributed by atoms with Gasteiger partial charge in [0.2, 0.25) is 5.91 Å². The van der Waals surface area contributed by atoms with Gasteiger partial charge in [-0.2, -0.15) is 0 Å². The van der Waals surface area contributed by atoms with E-state index in [-0.39, 0.29) is 24.2 Å². The summed E-state index contributed by atoms with van der Waals surface area (Å²) in [6.45, 7) is 8.81. The third kappa shape index (κ3) is 3.48. The molecule has 0 spiro atoms. The summed E-state index contributed by atoms with van der Waals surface area (Å²) in [5.41, 5.74) is 2.23. The van der Waals surface area contributed by atoms with Crippen LogP contribution in [0.3, 0.4) is 0 Å². The number of benzene rings is 1. The summed E-state index contributed by atoms with van der Waals surface area (Å²) < 4.78 is 0. The molecule has 0 aliphatic carbocycles. The molecule has 4 heteroatoms.